The molecule has 0 fully saturated rings. The number of fused-ring (bicyclic) bond motifs is 1. The van der Waals surface area contributed by atoms with Gasteiger partial charge in [0.15, 0.2) is 0 Å². The van der Waals surface area contributed by atoms with Gasteiger partial charge in [-0.3, -0.25) is 0 Å². The van der Waals surface area contributed by atoms with Crippen LogP contribution in [0.15, 0.2) is 65.1 Å². The largest absolute Gasteiger partial charge is 0.117 e. The standard InChI is InChI=1S/C19H16BrCl/c1-13-8-17(12-18(20)9-13)19(21)11-14-6-7-15-4-2-3-5-16(15)10-14/h2-10,12,19H,11H2,1H3. The maximum Gasteiger partial charge on any atom is 0.0626 e. The van der Waals surface area contributed by atoms with Crippen molar-refractivity contribution in [2.75, 3.05) is 0 Å². The minimum Gasteiger partial charge on any atom is -0.117 e. The van der Waals surface area contributed by atoms with Crippen molar-refractivity contribution in [3.63, 3.8) is 0 Å². The van der Waals surface area contributed by atoms with E-state index in [1.807, 2.05) is 0 Å². The molecule has 1 unspecified atom stereocenters. The summed E-state index contributed by atoms with van der Waals surface area (Å²) in [6, 6.07) is 21.3. The van der Waals surface area contributed by atoms with Gasteiger partial charge in [-0.1, -0.05) is 64.5 Å². The molecule has 0 aliphatic rings. The average molecular weight is 360 g/mol. The lowest BCUT2D eigenvalue weighted by atomic mass is 10.00. The quantitative estimate of drug-likeness (QED) is 0.472. The highest BCUT2D eigenvalue weighted by Crippen LogP contribution is 2.29. The highest BCUT2D eigenvalue weighted by molar-refractivity contribution is 9.10. The molecule has 0 aliphatic carbocycles. The van der Waals surface area contributed by atoms with Gasteiger partial charge in [0.2, 0.25) is 0 Å². The van der Waals surface area contributed by atoms with Gasteiger partial charge in [-0.25, -0.2) is 0 Å². The summed E-state index contributed by atoms with van der Waals surface area (Å²) in [5, 5.41) is 2.53. The van der Waals surface area contributed by atoms with Gasteiger partial charge in [0.1, 0.15) is 0 Å². The third-order valence-corrected chi connectivity index (χ3v) is 4.52. The van der Waals surface area contributed by atoms with Crippen LogP contribution in [0.1, 0.15) is 22.1 Å². The summed E-state index contributed by atoms with van der Waals surface area (Å²) in [4.78, 5) is 0. The molecule has 3 aromatic rings. The van der Waals surface area contributed by atoms with Crippen molar-refractivity contribution in [3.05, 3.63) is 81.8 Å². The molecule has 0 N–H and O–H groups in total. The first-order chi connectivity index (χ1) is 10.1. The van der Waals surface area contributed by atoms with Crippen LogP contribution in [0.25, 0.3) is 10.8 Å². The average Bonchev–Trinajstić information content (AvgIpc) is 2.46. The van der Waals surface area contributed by atoms with Crippen LogP contribution in [0, 0.1) is 6.92 Å². The van der Waals surface area contributed by atoms with E-state index < -0.39 is 0 Å². The monoisotopic (exact) mass is 358 g/mol. The third-order valence-electron chi connectivity index (χ3n) is 3.65. The normalized spacial score (nSPS) is 12.5. The second-order valence-electron chi connectivity index (χ2n) is 5.42. The Bertz CT molecular complexity index is 759. The van der Waals surface area contributed by atoms with Crippen molar-refractivity contribution in [2.45, 2.75) is 18.7 Å². The first-order valence-electron chi connectivity index (χ1n) is 7.01. The molecule has 0 nitrogen and oxygen atoms in total. The van der Waals surface area contributed by atoms with E-state index >= 15 is 0 Å². The molecule has 0 saturated heterocycles. The van der Waals surface area contributed by atoms with Crippen LogP contribution in [0.3, 0.4) is 0 Å². The van der Waals surface area contributed by atoms with E-state index in [9.17, 15) is 0 Å². The van der Waals surface area contributed by atoms with E-state index in [0.29, 0.717) is 0 Å². The molecule has 106 valence electrons. The van der Waals surface area contributed by atoms with E-state index in [4.69, 9.17) is 11.6 Å². The Labute approximate surface area is 138 Å². The molecule has 0 radical (unpaired) electrons. The van der Waals surface area contributed by atoms with Gasteiger partial charge in [0, 0.05) is 4.47 Å². The minimum absolute atomic E-state index is 0.0117. The highest BCUT2D eigenvalue weighted by Gasteiger charge is 2.10. The lowest BCUT2D eigenvalue weighted by Gasteiger charge is -2.12. The molecule has 0 saturated carbocycles. The Morgan fingerprint density at radius 1 is 0.952 bits per heavy atom. The number of alkyl halides is 1. The summed E-state index contributed by atoms with van der Waals surface area (Å²) >= 11 is 10.2. The molecule has 0 heterocycles. The van der Waals surface area contributed by atoms with Crippen LogP contribution in [-0.2, 0) is 6.42 Å². The summed E-state index contributed by atoms with van der Waals surface area (Å²) in [5.41, 5.74) is 3.66. The highest BCUT2D eigenvalue weighted by atomic mass is 79.9. The SMILES string of the molecule is Cc1cc(Br)cc(C(Cl)Cc2ccc3ccccc3c2)c1. The van der Waals surface area contributed by atoms with Crippen molar-refractivity contribution >= 4 is 38.3 Å². The molecular weight excluding hydrogens is 344 g/mol. The zero-order valence-corrected chi connectivity index (χ0v) is 14.2. The molecular formula is C19H16BrCl. The second-order valence-corrected chi connectivity index (χ2v) is 6.86. The van der Waals surface area contributed by atoms with Crippen LogP contribution >= 0.6 is 27.5 Å². The van der Waals surface area contributed by atoms with E-state index in [2.05, 4.69) is 83.5 Å². The predicted molar refractivity (Wildman–Crippen MR) is 95.1 cm³/mol. The molecule has 1 atom stereocenters. The van der Waals surface area contributed by atoms with Gasteiger partial charge in [0.25, 0.3) is 0 Å². The van der Waals surface area contributed by atoms with Crippen LogP contribution in [0.2, 0.25) is 0 Å². The Kier molecular flexibility index (Phi) is 4.32. The molecule has 21 heavy (non-hydrogen) atoms. The number of rotatable bonds is 3. The van der Waals surface area contributed by atoms with Gasteiger partial charge in [-0.15, -0.1) is 11.6 Å². The molecule has 0 spiro atoms. The van der Waals surface area contributed by atoms with Gasteiger partial charge >= 0.3 is 0 Å². The summed E-state index contributed by atoms with van der Waals surface area (Å²) < 4.78 is 1.08. The molecule has 3 aromatic carbocycles. The van der Waals surface area contributed by atoms with E-state index in [1.165, 1.54) is 21.9 Å². The number of aryl methyl sites for hydroxylation is 1. The van der Waals surface area contributed by atoms with Gasteiger partial charge in [-0.05, 0) is 52.9 Å². The Balaban J connectivity index is 1.86. The lowest BCUT2D eigenvalue weighted by Crippen LogP contribution is -1.97. The lowest BCUT2D eigenvalue weighted by molar-refractivity contribution is 0.918. The van der Waals surface area contributed by atoms with Crippen LogP contribution < -0.4 is 0 Å². The molecule has 0 aromatic heterocycles. The summed E-state index contributed by atoms with van der Waals surface area (Å²) in [6.07, 6.45) is 0.836. The van der Waals surface area contributed by atoms with Crippen molar-refractivity contribution < 1.29 is 0 Å². The van der Waals surface area contributed by atoms with Gasteiger partial charge < -0.3 is 0 Å². The fraction of sp³-hybridized carbons (Fsp3) is 0.158. The van der Waals surface area contributed by atoms with Crippen molar-refractivity contribution in [1.82, 2.24) is 0 Å². The van der Waals surface area contributed by atoms with Gasteiger partial charge in [-0.2, -0.15) is 0 Å². The topological polar surface area (TPSA) is 0 Å². The number of halogens is 2. The van der Waals surface area contributed by atoms with Gasteiger partial charge in [0.05, 0.1) is 5.38 Å². The number of benzene rings is 3. The van der Waals surface area contributed by atoms with E-state index in [0.717, 1.165) is 16.5 Å². The zero-order chi connectivity index (χ0) is 14.8. The zero-order valence-electron chi connectivity index (χ0n) is 11.8. The molecule has 2 heteroatoms. The maximum atomic E-state index is 6.62. The number of hydrogen-bond donors (Lipinski definition) is 0. The van der Waals surface area contributed by atoms with Crippen LogP contribution in [-0.4, -0.2) is 0 Å². The van der Waals surface area contributed by atoms with Crippen LogP contribution in [0.4, 0.5) is 0 Å². The van der Waals surface area contributed by atoms with E-state index in [1.54, 1.807) is 0 Å². The Morgan fingerprint density at radius 3 is 2.48 bits per heavy atom. The van der Waals surface area contributed by atoms with Crippen molar-refractivity contribution in [2.24, 2.45) is 0 Å². The molecule has 0 aliphatic heterocycles. The fourth-order valence-electron chi connectivity index (χ4n) is 2.64. The summed E-state index contributed by atoms with van der Waals surface area (Å²) in [6.45, 7) is 2.09. The molecule has 0 amide bonds. The first-order valence-corrected chi connectivity index (χ1v) is 8.23. The summed E-state index contributed by atoms with van der Waals surface area (Å²) in [7, 11) is 0. The Hall–Kier alpha value is -1.31. The third kappa shape index (κ3) is 3.48. The summed E-state index contributed by atoms with van der Waals surface area (Å²) in [5.74, 6) is 0. The molecule has 3 rings (SSSR count). The first kappa shape index (κ1) is 14.6. The van der Waals surface area contributed by atoms with Crippen molar-refractivity contribution in [1.29, 1.82) is 0 Å². The fourth-order valence-corrected chi connectivity index (χ4v) is 3.57. The maximum absolute atomic E-state index is 6.62. The van der Waals surface area contributed by atoms with E-state index in [-0.39, 0.29) is 5.38 Å². The second kappa shape index (κ2) is 6.21. The van der Waals surface area contributed by atoms with Crippen molar-refractivity contribution in [3.8, 4) is 0 Å². The minimum atomic E-state index is -0.0117. The van der Waals surface area contributed by atoms with Crippen LogP contribution in [0.5, 0.6) is 0 Å². The Morgan fingerprint density at radius 2 is 1.71 bits per heavy atom. The predicted octanol–water partition coefficient (Wildman–Crippen LogP) is 6.43. The molecule has 0 bridgehead atoms. The number of hydrogen-bond acceptors (Lipinski definition) is 0. The smallest absolute Gasteiger partial charge is 0.0626 e.